The Hall–Kier alpha value is -2.30. The number of carbonyl (C=O) groups is 2. The summed E-state index contributed by atoms with van der Waals surface area (Å²) in [6.45, 7) is 3.97. The van der Waals surface area contributed by atoms with Gasteiger partial charge in [-0.05, 0) is 37.1 Å². The van der Waals surface area contributed by atoms with Crippen molar-refractivity contribution < 1.29 is 19.4 Å². The van der Waals surface area contributed by atoms with Crippen LogP contribution in [0.25, 0.3) is 0 Å². The van der Waals surface area contributed by atoms with Crippen LogP contribution in [0.3, 0.4) is 0 Å². The van der Waals surface area contributed by atoms with Crippen LogP contribution in [0.5, 0.6) is 5.75 Å². The number of hydrogen-bond acceptors (Lipinski definition) is 4. The van der Waals surface area contributed by atoms with Crippen molar-refractivity contribution in [3.8, 4) is 5.75 Å². The third kappa shape index (κ3) is 6.26. The molecule has 0 atom stereocenters. The van der Waals surface area contributed by atoms with Crippen molar-refractivity contribution in [3.63, 3.8) is 0 Å². The summed E-state index contributed by atoms with van der Waals surface area (Å²) >= 11 is 0. The summed E-state index contributed by atoms with van der Waals surface area (Å²) in [5, 5.41) is 12.9. The first-order chi connectivity index (χ1) is 9.11. The molecule has 0 spiro atoms. The van der Waals surface area contributed by atoms with Crippen LogP contribution >= 0.6 is 0 Å². The Morgan fingerprint density at radius 2 is 1.95 bits per heavy atom. The number of carboxylic acids is 1. The normalized spacial score (nSPS) is 9.68. The van der Waals surface area contributed by atoms with Crippen LogP contribution in [0.15, 0.2) is 36.9 Å². The summed E-state index contributed by atoms with van der Waals surface area (Å²) in [6, 6.07) is 6.91. The predicted octanol–water partition coefficient (Wildman–Crippen LogP) is 1.11. The van der Waals surface area contributed by atoms with E-state index in [2.05, 4.69) is 11.9 Å². The van der Waals surface area contributed by atoms with Gasteiger partial charge in [0, 0.05) is 18.1 Å². The second-order valence-electron chi connectivity index (χ2n) is 3.90. The van der Waals surface area contributed by atoms with Crippen LogP contribution in [0.1, 0.15) is 19.3 Å². The van der Waals surface area contributed by atoms with Gasteiger partial charge in [0.2, 0.25) is 5.91 Å². The third-order valence-electron chi connectivity index (χ3n) is 2.29. The maximum Gasteiger partial charge on any atom is 0.224 e. The fourth-order valence-corrected chi connectivity index (χ4v) is 1.41. The Bertz CT molecular complexity index is 439. The van der Waals surface area contributed by atoms with Gasteiger partial charge >= 0.3 is 0 Å². The number of benzene rings is 1. The molecule has 0 bridgehead atoms. The van der Waals surface area contributed by atoms with Gasteiger partial charge in [-0.15, -0.1) is 0 Å². The maximum atomic E-state index is 11.5. The monoisotopic (exact) mass is 262 g/mol. The number of carbonyl (C=O) groups excluding carboxylic acids is 2. The van der Waals surface area contributed by atoms with E-state index in [1.807, 2.05) is 0 Å². The molecule has 1 aromatic rings. The summed E-state index contributed by atoms with van der Waals surface area (Å²) in [4.78, 5) is 21.7. The number of aliphatic carboxylic acids is 1. The second-order valence-corrected chi connectivity index (χ2v) is 3.90. The molecular formula is C14H16NO4-. The van der Waals surface area contributed by atoms with Crippen LogP contribution < -0.4 is 15.2 Å². The Morgan fingerprint density at radius 1 is 1.26 bits per heavy atom. The van der Waals surface area contributed by atoms with Crippen LogP contribution in [-0.2, 0) is 9.59 Å². The largest absolute Gasteiger partial charge is 0.550 e. The number of amides is 1. The molecule has 1 amide bonds. The quantitative estimate of drug-likeness (QED) is 0.712. The third-order valence-corrected chi connectivity index (χ3v) is 2.29. The molecule has 1 aromatic carbocycles. The molecule has 1 rings (SSSR count). The van der Waals surface area contributed by atoms with Crippen molar-refractivity contribution in [2.45, 2.75) is 19.3 Å². The van der Waals surface area contributed by atoms with Gasteiger partial charge in [-0.2, -0.15) is 0 Å². The van der Waals surface area contributed by atoms with Crippen molar-refractivity contribution in [3.05, 3.63) is 36.9 Å². The van der Waals surface area contributed by atoms with Crippen molar-refractivity contribution >= 4 is 17.6 Å². The average Bonchev–Trinajstić information content (AvgIpc) is 2.37. The molecule has 0 aliphatic heterocycles. The van der Waals surface area contributed by atoms with E-state index >= 15 is 0 Å². The fourth-order valence-electron chi connectivity index (χ4n) is 1.41. The highest BCUT2D eigenvalue weighted by molar-refractivity contribution is 5.90. The molecule has 102 valence electrons. The van der Waals surface area contributed by atoms with Gasteiger partial charge in [-0.25, -0.2) is 0 Å². The minimum absolute atomic E-state index is 0.109. The number of hydrogen-bond donors (Lipinski definition) is 1. The Balaban J connectivity index is 2.37. The summed E-state index contributed by atoms with van der Waals surface area (Å²) < 4.78 is 5.30. The molecule has 19 heavy (non-hydrogen) atoms. The molecule has 5 heteroatoms. The van der Waals surface area contributed by atoms with Gasteiger partial charge in [0.15, 0.2) is 0 Å². The SMILES string of the molecule is C=CCOc1ccc(NC(=O)CCCC(=O)[O-])cc1. The molecule has 0 radical (unpaired) electrons. The van der Waals surface area contributed by atoms with Crippen molar-refractivity contribution in [2.75, 3.05) is 11.9 Å². The lowest BCUT2D eigenvalue weighted by Gasteiger charge is -2.07. The van der Waals surface area contributed by atoms with E-state index in [1.54, 1.807) is 30.3 Å². The smallest absolute Gasteiger partial charge is 0.224 e. The standard InChI is InChI=1S/C14H17NO4/c1-2-10-19-12-8-6-11(7-9-12)15-13(16)4-3-5-14(17)18/h2,6-9H,1,3-5,10H2,(H,15,16)(H,17,18)/p-1. The summed E-state index contributed by atoms with van der Waals surface area (Å²) in [7, 11) is 0. The van der Waals surface area contributed by atoms with Gasteiger partial charge in [0.25, 0.3) is 0 Å². The molecule has 5 nitrogen and oxygen atoms in total. The average molecular weight is 262 g/mol. The Labute approximate surface area is 111 Å². The first-order valence-electron chi connectivity index (χ1n) is 5.95. The highest BCUT2D eigenvalue weighted by Gasteiger charge is 2.02. The van der Waals surface area contributed by atoms with Crippen molar-refractivity contribution in [1.29, 1.82) is 0 Å². The lowest BCUT2D eigenvalue weighted by atomic mass is 10.2. The van der Waals surface area contributed by atoms with Gasteiger partial charge in [0.1, 0.15) is 12.4 Å². The predicted molar refractivity (Wildman–Crippen MR) is 69.6 cm³/mol. The molecule has 0 heterocycles. The molecule has 0 aliphatic rings. The van der Waals surface area contributed by atoms with Crippen LogP contribution in [0, 0.1) is 0 Å². The van der Waals surface area contributed by atoms with E-state index in [-0.39, 0.29) is 25.2 Å². The zero-order valence-corrected chi connectivity index (χ0v) is 10.6. The minimum Gasteiger partial charge on any atom is -0.550 e. The number of carboxylic acid groups (broad SMARTS) is 1. The molecule has 0 aliphatic carbocycles. The van der Waals surface area contributed by atoms with E-state index in [0.717, 1.165) is 0 Å². The maximum absolute atomic E-state index is 11.5. The summed E-state index contributed by atoms with van der Waals surface area (Å²) in [6.07, 6.45) is 1.96. The lowest BCUT2D eigenvalue weighted by molar-refractivity contribution is -0.305. The molecular weight excluding hydrogens is 246 g/mol. The molecule has 0 unspecified atom stereocenters. The van der Waals surface area contributed by atoms with Gasteiger partial charge in [-0.1, -0.05) is 12.7 Å². The Kier molecular flexibility index (Phi) is 6.15. The van der Waals surface area contributed by atoms with Gasteiger partial charge in [0.05, 0.1) is 0 Å². The minimum atomic E-state index is -1.14. The van der Waals surface area contributed by atoms with E-state index < -0.39 is 5.97 Å². The van der Waals surface area contributed by atoms with Gasteiger partial charge in [-0.3, -0.25) is 4.79 Å². The zero-order valence-electron chi connectivity index (χ0n) is 10.6. The van der Waals surface area contributed by atoms with E-state index in [0.29, 0.717) is 18.0 Å². The van der Waals surface area contributed by atoms with E-state index in [9.17, 15) is 14.7 Å². The molecule has 0 saturated heterocycles. The fraction of sp³-hybridized carbons (Fsp3) is 0.286. The number of nitrogens with one attached hydrogen (secondary N) is 1. The lowest BCUT2D eigenvalue weighted by Crippen LogP contribution is -2.22. The van der Waals surface area contributed by atoms with Crippen molar-refractivity contribution in [1.82, 2.24) is 0 Å². The highest BCUT2D eigenvalue weighted by Crippen LogP contribution is 2.16. The Morgan fingerprint density at radius 3 is 2.53 bits per heavy atom. The van der Waals surface area contributed by atoms with E-state index in [1.165, 1.54) is 0 Å². The van der Waals surface area contributed by atoms with Crippen LogP contribution in [-0.4, -0.2) is 18.5 Å². The first-order valence-corrected chi connectivity index (χ1v) is 5.95. The molecule has 1 N–H and O–H groups in total. The van der Waals surface area contributed by atoms with E-state index in [4.69, 9.17) is 4.74 Å². The number of rotatable bonds is 8. The van der Waals surface area contributed by atoms with Crippen LogP contribution in [0.4, 0.5) is 5.69 Å². The second kappa shape index (κ2) is 7.92. The molecule has 0 aromatic heterocycles. The number of anilines is 1. The van der Waals surface area contributed by atoms with Crippen LogP contribution in [0.2, 0.25) is 0 Å². The van der Waals surface area contributed by atoms with Gasteiger partial charge < -0.3 is 20.0 Å². The first kappa shape index (κ1) is 14.8. The molecule has 0 saturated carbocycles. The zero-order chi connectivity index (χ0) is 14.1. The molecule has 0 fully saturated rings. The highest BCUT2D eigenvalue weighted by atomic mass is 16.5. The summed E-state index contributed by atoms with van der Waals surface area (Å²) in [5.74, 6) is -0.674. The summed E-state index contributed by atoms with van der Waals surface area (Å²) in [5.41, 5.74) is 0.643. The topological polar surface area (TPSA) is 78.5 Å². The van der Waals surface area contributed by atoms with Crippen molar-refractivity contribution in [2.24, 2.45) is 0 Å². The number of ether oxygens (including phenoxy) is 1.